The number of aromatic nitrogens is 1. The van der Waals surface area contributed by atoms with Gasteiger partial charge in [-0.3, -0.25) is 4.79 Å². The number of aryl methyl sites for hydroxylation is 2. The van der Waals surface area contributed by atoms with Gasteiger partial charge in [-0.2, -0.15) is 0 Å². The fourth-order valence-electron chi connectivity index (χ4n) is 2.86. The number of nitrogens with zero attached hydrogens (tertiary/aromatic N) is 1. The van der Waals surface area contributed by atoms with E-state index in [1.807, 2.05) is 31.2 Å². The number of methoxy groups -OCH3 is 1. The Bertz CT molecular complexity index is 899. The minimum Gasteiger partial charge on any atom is -0.380 e. The van der Waals surface area contributed by atoms with Crippen molar-refractivity contribution in [3.8, 4) is 11.3 Å². The van der Waals surface area contributed by atoms with Gasteiger partial charge in [-0.1, -0.05) is 54.1 Å². The van der Waals surface area contributed by atoms with E-state index in [0.29, 0.717) is 19.6 Å². The predicted octanol–water partition coefficient (Wildman–Crippen LogP) is 4.43. The summed E-state index contributed by atoms with van der Waals surface area (Å²) in [5, 5.41) is 3.98. The fourth-order valence-corrected chi connectivity index (χ4v) is 3.81. The molecule has 0 saturated heterocycles. The van der Waals surface area contributed by atoms with E-state index in [1.54, 1.807) is 18.4 Å². The number of amides is 1. The molecule has 0 spiro atoms. The summed E-state index contributed by atoms with van der Waals surface area (Å²) in [4.78, 5) is 18.1. The summed E-state index contributed by atoms with van der Waals surface area (Å²) in [6.45, 7) is 5.15. The molecule has 0 bridgehead atoms. The van der Waals surface area contributed by atoms with Crippen molar-refractivity contribution >= 4 is 17.2 Å². The lowest BCUT2D eigenvalue weighted by Gasteiger charge is -2.07. The molecule has 1 amide bonds. The fraction of sp³-hybridized carbons (Fsp3) is 0.273. The van der Waals surface area contributed by atoms with Gasteiger partial charge in [0.1, 0.15) is 0 Å². The molecular weight excluding hydrogens is 356 g/mol. The van der Waals surface area contributed by atoms with Crippen LogP contribution in [-0.2, 0) is 29.1 Å². The molecule has 5 heteroatoms. The number of thiazole rings is 1. The Morgan fingerprint density at radius 1 is 1.04 bits per heavy atom. The molecule has 0 radical (unpaired) electrons. The SMILES string of the molecule is COCc1ccc(CNC(=O)Cc2sc(C)nc2-c2ccc(C)cc2)cc1. The van der Waals surface area contributed by atoms with Crippen molar-refractivity contribution < 1.29 is 9.53 Å². The van der Waals surface area contributed by atoms with E-state index in [1.165, 1.54) is 5.56 Å². The second-order valence-corrected chi connectivity index (χ2v) is 7.86. The lowest BCUT2D eigenvalue weighted by molar-refractivity contribution is -0.120. The van der Waals surface area contributed by atoms with Gasteiger partial charge in [-0.25, -0.2) is 4.98 Å². The molecule has 0 aliphatic carbocycles. The van der Waals surface area contributed by atoms with Crippen molar-refractivity contribution in [2.45, 2.75) is 33.4 Å². The van der Waals surface area contributed by atoms with Gasteiger partial charge in [0, 0.05) is 24.1 Å². The first kappa shape index (κ1) is 19.3. The predicted molar refractivity (Wildman–Crippen MR) is 110 cm³/mol. The van der Waals surface area contributed by atoms with E-state index in [-0.39, 0.29) is 5.91 Å². The van der Waals surface area contributed by atoms with E-state index >= 15 is 0 Å². The van der Waals surface area contributed by atoms with Crippen molar-refractivity contribution in [3.63, 3.8) is 0 Å². The van der Waals surface area contributed by atoms with E-state index in [4.69, 9.17) is 4.74 Å². The van der Waals surface area contributed by atoms with Gasteiger partial charge in [0.2, 0.25) is 5.91 Å². The van der Waals surface area contributed by atoms with Crippen LogP contribution in [0.1, 0.15) is 26.6 Å². The van der Waals surface area contributed by atoms with Crippen LogP contribution in [0.5, 0.6) is 0 Å². The van der Waals surface area contributed by atoms with Crippen LogP contribution < -0.4 is 5.32 Å². The number of carbonyl (C=O) groups excluding carboxylic acids is 1. The number of rotatable bonds is 7. The summed E-state index contributed by atoms with van der Waals surface area (Å²) in [6, 6.07) is 16.3. The van der Waals surface area contributed by atoms with Crippen LogP contribution in [0.3, 0.4) is 0 Å². The zero-order chi connectivity index (χ0) is 19.2. The molecule has 140 valence electrons. The third kappa shape index (κ3) is 5.25. The largest absolute Gasteiger partial charge is 0.380 e. The molecule has 3 rings (SSSR count). The quantitative estimate of drug-likeness (QED) is 0.660. The number of nitrogens with one attached hydrogen (secondary N) is 1. The molecule has 1 heterocycles. The molecular formula is C22H24N2O2S. The Hall–Kier alpha value is -2.50. The first-order valence-electron chi connectivity index (χ1n) is 8.92. The molecule has 27 heavy (non-hydrogen) atoms. The highest BCUT2D eigenvalue weighted by Crippen LogP contribution is 2.28. The number of carbonyl (C=O) groups is 1. The molecule has 0 atom stereocenters. The van der Waals surface area contributed by atoms with Crippen LogP contribution >= 0.6 is 11.3 Å². The van der Waals surface area contributed by atoms with Crippen molar-refractivity contribution in [2.24, 2.45) is 0 Å². The molecule has 0 saturated carbocycles. The maximum absolute atomic E-state index is 12.4. The van der Waals surface area contributed by atoms with Crippen molar-refractivity contribution in [1.29, 1.82) is 0 Å². The highest BCUT2D eigenvalue weighted by Gasteiger charge is 2.14. The highest BCUT2D eigenvalue weighted by atomic mass is 32.1. The smallest absolute Gasteiger partial charge is 0.225 e. The second kappa shape index (κ2) is 8.93. The monoisotopic (exact) mass is 380 g/mol. The van der Waals surface area contributed by atoms with Crippen LogP contribution in [0.4, 0.5) is 0 Å². The Morgan fingerprint density at radius 3 is 2.37 bits per heavy atom. The van der Waals surface area contributed by atoms with Crippen molar-refractivity contribution in [3.05, 3.63) is 75.1 Å². The summed E-state index contributed by atoms with van der Waals surface area (Å²) in [5.74, 6) is 0.00739. The summed E-state index contributed by atoms with van der Waals surface area (Å²) in [5.41, 5.74) is 5.37. The van der Waals surface area contributed by atoms with Gasteiger partial charge >= 0.3 is 0 Å². The van der Waals surface area contributed by atoms with Crippen molar-refractivity contribution in [2.75, 3.05) is 7.11 Å². The van der Waals surface area contributed by atoms with Crippen molar-refractivity contribution in [1.82, 2.24) is 10.3 Å². The lowest BCUT2D eigenvalue weighted by Crippen LogP contribution is -2.24. The second-order valence-electron chi connectivity index (χ2n) is 6.57. The summed E-state index contributed by atoms with van der Waals surface area (Å²) in [7, 11) is 1.68. The minimum absolute atomic E-state index is 0.00739. The van der Waals surface area contributed by atoms with Crippen LogP contribution in [0.2, 0.25) is 0 Å². The third-order valence-corrected chi connectivity index (χ3v) is 5.24. The summed E-state index contributed by atoms with van der Waals surface area (Å²) in [6.07, 6.45) is 0.344. The van der Waals surface area contributed by atoms with Gasteiger partial charge in [-0.05, 0) is 25.0 Å². The van der Waals surface area contributed by atoms with E-state index in [0.717, 1.165) is 32.3 Å². The van der Waals surface area contributed by atoms with Gasteiger partial charge in [-0.15, -0.1) is 11.3 Å². The molecule has 0 aliphatic heterocycles. The number of hydrogen-bond acceptors (Lipinski definition) is 4. The number of benzene rings is 2. The third-order valence-electron chi connectivity index (χ3n) is 4.27. The zero-order valence-corrected chi connectivity index (χ0v) is 16.7. The molecule has 1 N–H and O–H groups in total. The summed E-state index contributed by atoms with van der Waals surface area (Å²) >= 11 is 1.58. The number of hydrogen-bond donors (Lipinski definition) is 1. The van der Waals surface area contributed by atoms with Crippen LogP contribution in [0, 0.1) is 13.8 Å². The molecule has 0 unspecified atom stereocenters. The summed E-state index contributed by atoms with van der Waals surface area (Å²) < 4.78 is 5.11. The van der Waals surface area contributed by atoms with Crippen LogP contribution in [-0.4, -0.2) is 18.0 Å². The Labute approximate surface area is 164 Å². The Kier molecular flexibility index (Phi) is 6.37. The van der Waals surface area contributed by atoms with E-state index < -0.39 is 0 Å². The Morgan fingerprint density at radius 2 is 1.70 bits per heavy atom. The van der Waals surface area contributed by atoms with E-state index in [9.17, 15) is 4.79 Å². The average Bonchev–Trinajstić information content (AvgIpc) is 3.02. The highest BCUT2D eigenvalue weighted by molar-refractivity contribution is 7.12. The zero-order valence-electron chi connectivity index (χ0n) is 15.9. The average molecular weight is 381 g/mol. The Balaban J connectivity index is 1.63. The molecule has 0 aliphatic rings. The van der Waals surface area contributed by atoms with Gasteiger partial charge < -0.3 is 10.1 Å². The maximum atomic E-state index is 12.4. The minimum atomic E-state index is 0.00739. The molecule has 2 aromatic carbocycles. The van der Waals surface area contributed by atoms with Gasteiger partial charge in [0.25, 0.3) is 0 Å². The molecule has 4 nitrogen and oxygen atoms in total. The number of ether oxygens (including phenoxy) is 1. The standard InChI is InChI=1S/C22H24N2O2S/c1-15-4-10-19(11-5-15)22-20(27-16(2)24-22)12-21(25)23-13-17-6-8-18(9-7-17)14-26-3/h4-11H,12-14H2,1-3H3,(H,23,25). The molecule has 1 aromatic heterocycles. The first-order valence-corrected chi connectivity index (χ1v) is 9.73. The lowest BCUT2D eigenvalue weighted by atomic mass is 10.1. The topological polar surface area (TPSA) is 51.2 Å². The van der Waals surface area contributed by atoms with Crippen LogP contribution in [0.25, 0.3) is 11.3 Å². The normalized spacial score (nSPS) is 10.8. The van der Waals surface area contributed by atoms with E-state index in [2.05, 4.69) is 41.5 Å². The molecule has 0 fully saturated rings. The molecule has 3 aromatic rings. The maximum Gasteiger partial charge on any atom is 0.225 e. The first-order chi connectivity index (χ1) is 13.0. The van der Waals surface area contributed by atoms with Crippen LogP contribution in [0.15, 0.2) is 48.5 Å². The van der Waals surface area contributed by atoms with Gasteiger partial charge in [0.15, 0.2) is 0 Å². The van der Waals surface area contributed by atoms with Gasteiger partial charge in [0.05, 0.1) is 23.7 Å².